The molecule has 26 heavy (non-hydrogen) atoms. The maximum atomic E-state index is 12.2. The van der Waals surface area contributed by atoms with Crippen LogP contribution in [0.5, 0.6) is 0 Å². The van der Waals surface area contributed by atoms with Gasteiger partial charge < -0.3 is 10.1 Å². The zero-order valence-electron chi connectivity index (χ0n) is 14.1. The summed E-state index contributed by atoms with van der Waals surface area (Å²) < 4.78 is 5.55. The first-order valence-corrected chi connectivity index (χ1v) is 9.47. The zero-order chi connectivity index (χ0) is 19.1. The molecule has 1 aromatic heterocycles. The third kappa shape index (κ3) is 5.81. The number of hydrogen-bond donors (Lipinski definition) is 1. The standard InChI is InChI=1S/C16H17N3O5S2/c1-3-24-14(20)8-12-9-25-16(18-12)26-10(2)15(21)17-11-4-6-13(7-5-11)19(22)23/h4-7,9-10H,3,8H2,1-2H3,(H,17,21). The van der Waals surface area contributed by atoms with Crippen LogP contribution in [0.15, 0.2) is 34.0 Å². The fourth-order valence-corrected chi connectivity index (χ4v) is 3.88. The topological polar surface area (TPSA) is 111 Å². The normalized spacial score (nSPS) is 11.6. The van der Waals surface area contributed by atoms with Crippen LogP contribution in [0.25, 0.3) is 0 Å². The highest BCUT2D eigenvalue weighted by atomic mass is 32.2. The van der Waals surface area contributed by atoms with Gasteiger partial charge in [0.1, 0.15) is 0 Å². The van der Waals surface area contributed by atoms with E-state index < -0.39 is 10.2 Å². The van der Waals surface area contributed by atoms with Crippen molar-refractivity contribution >= 4 is 46.3 Å². The number of anilines is 1. The zero-order valence-corrected chi connectivity index (χ0v) is 15.8. The first-order chi connectivity index (χ1) is 12.4. The third-order valence-electron chi connectivity index (χ3n) is 3.15. The summed E-state index contributed by atoms with van der Waals surface area (Å²) in [6.07, 6.45) is 0.105. The van der Waals surface area contributed by atoms with Gasteiger partial charge in [-0.25, -0.2) is 4.98 Å². The van der Waals surface area contributed by atoms with Crippen LogP contribution in [-0.2, 0) is 20.7 Å². The molecule has 1 atom stereocenters. The fourth-order valence-electron chi connectivity index (χ4n) is 1.90. The van der Waals surface area contributed by atoms with Gasteiger partial charge in [0.2, 0.25) is 5.91 Å². The minimum atomic E-state index is -0.500. The summed E-state index contributed by atoms with van der Waals surface area (Å²) in [5.74, 6) is -0.579. The molecule has 0 fully saturated rings. The Morgan fingerprint density at radius 3 is 2.69 bits per heavy atom. The molecule has 0 aliphatic rings. The highest BCUT2D eigenvalue weighted by Crippen LogP contribution is 2.28. The molecule has 0 saturated heterocycles. The van der Waals surface area contributed by atoms with Gasteiger partial charge >= 0.3 is 5.97 Å². The lowest BCUT2D eigenvalue weighted by atomic mass is 10.3. The molecule has 2 rings (SSSR count). The highest BCUT2D eigenvalue weighted by Gasteiger charge is 2.18. The molecule has 0 radical (unpaired) electrons. The fraction of sp³-hybridized carbons (Fsp3) is 0.312. The molecule has 0 bridgehead atoms. The van der Waals surface area contributed by atoms with Crippen LogP contribution >= 0.6 is 23.1 Å². The van der Waals surface area contributed by atoms with Crippen LogP contribution in [-0.4, -0.2) is 33.6 Å². The molecule has 0 aliphatic heterocycles. The monoisotopic (exact) mass is 395 g/mol. The minimum Gasteiger partial charge on any atom is -0.466 e. The van der Waals surface area contributed by atoms with Crippen molar-refractivity contribution in [2.24, 2.45) is 0 Å². The number of thiazole rings is 1. The average molecular weight is 395 g/mol. The van der Waals surface area contributed by atoms with E-state index in [-0.39, 0.29) is 24.0 Å². The number of nitrogens with zero attached hydrogens (tertiary/aromatic N) is 2. The quantitative estimate of drug-likeness (QED) is 0.316. The van der Waals surface area contributed by atoms with Gasteiger partial charge in [0.05, 0.1) is 28.9 Å². The van der Waals surface area contributed by atoms with Crippen molar-refractivity contribution < 1.29 is 19.2 Å². The number of hydrogen-bond acceptors (Lipinski definition) is 8. The van der Waals surface area contributed by atoms with Gasteiger partial charge in [0.15, 0.2) is 4.34 Å². The third-order valence-corrected chi connectivity index (χ3v) is 5.27. The molecule has 8 nitrogen and oxygen atoms in total. The number of carbonyl (C=O) groups excluding carboxylic acids is 2. The Kier molecular flexibility index (Phi) is 7.10. The van der Waals surface area contributed by atoms with E-state index in [4.69, 9.17) is 4.74 Å². The molecule has 1 unspecified atom stereocenters. The van der Waals surface area contributed by atoms with Gasteiger partial charge in [0, 0.05) is 23.2 Å². The molecular formula is C16H17N3O5S2. The minimum absolute atomic E-state index is 0.0395. The van der Waals surface area contributed by atoms with Gasteiger partial charge in [-0.1, -0.05) is 11.8 Å². The molecule has 0 spiro atoms. The average Bonchev–Trinajstić information content (AvgIpc) is 3.02. The number of carbonyl (C=O) groups is 2. The van der Waals surface area contributed by atoms with Gasteiger partial charge in [-0.2, -0.15) is 0 Å². The second kappa shape index (κ2) is 9.30. The number of non-ortho nitro benzene ring substituents is 1. The Bertz CT molecular complexity index is 791. The van der Waals surface area contributed by atoms with Crippen molar-refractivity contribution in [3.63, 3.8) is 0 Å². The van der Waals surface area contributed by atoms with Crippen LogP contribution in [0.4, 0.5) is 11.4 Å². The number of nitro benzene ring substituents is 1. The van der Waals surface area contributed by atoms with Gasteiger partial charge in [0.25, 0.3) is 5.69 Å². The SMILES string of the molecule is CCOC(=O)Cc1csc(SC(C)C(=O)Nc2ccc([N+](=O)[O-])cc2)n1. The van der Waals surface area contributed by atoms with E-state index in [9.17, 15) is 19.7 Å². The van der Waals surface area contributed by atoms with Gasteiger partial charge in [-0.05, 0) is 26.0 Å². The molecule has 0 saturated carbocycles. The van der Waals surface area contributed by atoms with Crippen molar-refractivity contribution in [2.45, 2.75) is 29.9 Å². The van der Waals surface area contributed by atoms with Crippen molar-refractivity contribution in [3.05, 3.63) is 45.5 Å². The molecule has 1 N–H and O–H groups in total. The lowest BCUT2D eigenvalue weighted by Gasteiger charge is -2.10. The number of nitrogens with one attached hydrogen (secondary N) is 1. The maximum Gasteiger partial charge on any atom is 0.311 e. The van der Waals surface area contributed by atoms with Crippen LogP contribution in [0, 0.1) is 10.1 Å². The Hall–Kier alpha value is -2.46. The Balaban J connectivity index is 1.89. The molecule has 1 aromatic carbocycles. The number of nitro groups is 1. The van der Waals surface area contributed by atoms with Crippen LogP contribution in [0.2, 0.25) is 0 Å². The van der Waals surface area contributed by atoms with E-state index in [0.29, 0.717) is 22.3 Å². The summed E-state index contributed by atoms with van der Waals surface area (Å²) in [4.78, 5) is 38.1. The summed E-state index contributed by atoms with van der Waals surface area (Å²) in [6.45, 7) is 3.80. The number of ether oxygens (including phenoxy) is 1. The second-order valence-corrected chi connectivity index (χ2v) is 7.59. The lowest BCUT2D eigenvalue weighted by Crippen LogP contribution is -2.22. The first kappa shape index (κ1) is 19.9. The molecule has 2 aromatic rings. The van der Waals surface area contributed by atoms with E-state index in [2.05, 4.69) is 10.3 Å². The molecular weight excluding hydrogens is 378 g/mol. The molecule has 0 aliphatic carbocycles. The summed E-state index contributed by atoms with van der Waals surface area (Å²) in [5, 5.41) is 14.7. The van der Waals surface area contributed by atoms with E-state index in [1.165, 1.54) is 47.4 Å². The second-order valence-electron chi connectivity index (χ2n) is 5.14. The molecule has 10 heteroatoms. The molecule has 1 heterocycles. The summed E-state index contributed by atoms with van der Waals surface area (Å²) in [5.41, 5.74) is 1.05. The Morgan fingerprint density at radius 2 is 2.08 bits per heavy atom. The summed E-state index contributed by atoms with van der Waals surface area (Å²) >= 11 is 2.63. The van der Waals surface area contributed by atoms with Crippen molar-refractivity contribution in [1.29, 1.82) is 0 Å². The number of amides is 1. The van der Waals surface area contributed by atoms with Gasteiger partial charge in [-0.15, -0.1) is 11.3 Å². The van der Waals surface area contributed by atoms with Crippen molar-refractivity contribution in [3.8, 4) is 0 Å². The number of rotatable bonds is 8. The number of aromatic nitrogens is 1. The number of esters is 1. The number of thioether (sulfide) groups is 1. The van der Waals surface area contributed by atoms with E-state index in [1.54, 1.807) is 19.2 Å². The van der Waals surface area contributed by atoms with Crippen LogP contribution in [0.3, 0.4) is 0 Å². The lowest BCUT2D eigenvalue weighted by molar-refractivity contribution is -0.384. The highest BCUT2D eigenvalue weighted by molar-refractivity contribution is 8.02. The predicted molar refractivity (Wildman–Crippen MR) is 99.5 cm³/mol. The van der Waals surface area contributed by atoms with E-state index in [0.717, 1.165) is 0 Å². The van der Waals surface area contributed by atoms with Crippen molar-refractivity contribution in [2.75, 3.05) is 11.9 Å². The summed E-state index contributed by atoms with van der Waals surface area (Å²) in [7, 11) is 0. The van der Waals surface area contributed by atoms with E-state index in [1.807, 2.05) is 0 Å². The summed E-state index contributed by atoms with van der Waals surface area (Å²) in [6, 6.07) is 5.62. The Morgan fingerprint density at radius 1 is 1.38 bits per heavy atom. The molecule has 1 amide bonds. The van der Waals surface area contributed by atoms with E-state index >= 15 is 0 Å². The van der Waals surface area contributed by atoms with Crippen molar-refractivity contribution in [1.82, 2.24) is 4.98 Å². The van der Waals surface area contributed by atoms with Crippen LogP contribution in [0.1, 0.15) is 19.5 Å². The largest absolute Gasteiger partial charge is 0.466 e. The smallest absolute Gasteiger partial charge is 0.311 e. The maximum absolute atomic E-state index is 12.2. The Labute approximate surface area is 158 Å². The van der Waals surface area contributed by atoms with Gasteiger partial charge in [-0.3, -0.25) is 19.7 Å². The molecule has 138 valence electrons. The predicted octanol–water partition coefficient (Wildman–Crippen LogP) is 3.28. The first-order valence-electron chi connectivity index (χ1n) is 7.71. The number of benzene rings is 1. The van der Waals surface area contributed by atoms with Crippen LogP contribution < -0.4 is 5.32 Å².